The Balaban J connectivity index is 1.76. The van der Waals surface area contributed by atoms with E-state index in [0.717, 1.165) is 32.4 Å². The van der Waals surface area contributed by atoms with Crippen LogP contribution < -0.4 is 10.9 Å². The van der Waals surface area contributed by atoms with Gasteiger partial charge in [-0.05, 0) is 50.5 Å². The summed E-state index contributed by atoms with van der Waals surface area (Å²) in [6.45, 7) is 3.28. The van der Waals surface area contributed by atoms with E-state index in [9.17, 15) is 14.4 Å². The molecule has 0 unspecified atom stereocenters. The van der Waals surface area contributed by atoms with E-state index in [0.29, 0.717) is 16.9 Å². The van der Waals surface area contributed by atoms with Gasteiger partial charge in [-0.15, -0.1) is 0 Å². The monoisotopic (exact) mass is 339 g/mol. The number of H-pyrrole nitrogens is 1. The molecule has 1 aliphatic heterocycles. The van der Waals surface area contributed by atoms with Crippen LogP contribution in [0.5, 0.6) is 0 Å². The highest BCUT2D eigenvalue weighted by molar-refractivity contribution is 6.05. The standard InChI is InChI=1S/C19H21N3O3/c1-13-10-15(12-17(23)20-13)18(24)21-16-7-5-6-14(11-16)19(25)22-8-3-2-4-9-22/h5-7,10-12H,2-4,8-9H2,1H3,(H,20,23)(H,21,24). The second-order valence-corrected chi connectivity index (χ2v) is 6.30. The minimum Gasteiger partial charge on any atom is -0.339 e. The Hall–Kier alpha value is -2.89. The molecular weight excluding hydrogens is 318 g/mol. The van der Waals surface area contributed by atoms with Crippen LogP contribution in [0.15, 0.2) is 41.2 Å². The molecule has 0 bridgehead atoms. The van der Waals surface area contributed by atoms with Crippen molar-refractivity contribution in [2.24, 2.45) is 0 Å². The molecule has 6 heteroatoms. The molecule has 0 saturated carbocycles. The van der Waals surface area contributed by atoms with Crippen LogP contribution in [-0.4, -0.2) is 34.8 Å². The third kappa shape index (κ3) is 4.15. The minimum atomic E-state index is -0.378. The van der Waals surface area contributed by atoms with Gasteiger partial charge in [-0.3, -0.25) is 14.4 Å². The molecule has 0 atom stereocenters. The van der Waals surface area contributed by atoms with Gasteiger partial charge in [0.25, 0.3) is 11.8 Å². The molecule has 2 aromatic rings. The number of benzene rings is 1. The van der Waals surface area contributed by atoms with Crippen molar-refractivity contribution in [3.63, 3.8) is 0 Å². The maximum atomic E-state index is 12.6. The fourth-order valence-electron chi connectivity index (χ4n) is 3.03. The first kappa shape index (κ1) is 17.0. The molecule has 1 aliphatic rings. The van der Waals surface area contributed by atoms with Crippen LogP contribution in [0.1, 0.15) is 45.7 Å². The number of nitrogens with zero attached hydrogens (tertiary/aromatic N) is 1. The highest BCUT2D eigenvalue weighted by Gasteiger charge is 2.18. The summed E-state index contributed by atoms with van der Waals surface area (Å²) >= 11 is 0. The molecule has 2 N–H and O–H groups in total. The van der Waals surface area contributed by atoms with Crippen molar-refractivity contribution in [1.82, 2.24) is 9.88 Å². The summed E-state index contributed by atoms with van der Waals surface area (Å²) in [4.78, 5) is 40.9. The molecule has 0 spiro atoms. The Bertz CT molecular complexity index is 851. The van der Waals surface area contributed by atoms with Crippen molar-refractivity contribution < 1.29 is 9.59 Å². The van der Waals surface area contributed by atoms with Crippen LogP contribution in [-0.2, 0) is 0 Å². The van der Waals surface area contributed by atoms with Crippen molar-refractivity contribution in [3.8, 4) is 0 Å². The van der Waals surface area contributed by atoms with E-state index in [1.165, 1.54) is 6.07 Å². The number of carbonyl (C=O) groups excluding carboxylic acids is 2. The first-order valence-electron chi connectivity index (χ1n) is 8.44. The number of anilines is 1. The second-order valence-electron chi connectivity index (χ2n) is 6.30. The van der Waals surface area contributed by atoms with Crippen molar-refractivity contribution in [1.29, 1.82) is 0 Å². The predicted octanol–water partition coefficient (Wildman–Crippen LogP) is 2.56. The zero-order valence-corrected chi connectivity index (χ0v) is 14.2. The van der Waals surface area contributed by atoms with Gasteiger partial charge in [-0.2, -0.15) is 0 Å². The molecular formula is C19H21N3O3. The van der Waals surface area contributed by atoms with E-state index >= 15 is 0 Å². The molecule has 0 aliphatic carbocycles. The van der Waals surface area contributed by atoms with Gasteiger partial charge in [0.15, 0.2) is 0 Å². The number of nitrogens with one attached hydrogen (secondary N) is 2. The molecule has 0 radical (unpaired) electrons. The summed E-state index contributed by atoms with van der Waals surface area (Å²) < 4.78 is 0. The van der Waals surface area contributed by atoms with Crippen molar-refractivity contribution in [3.05, 3.63) is 63.6 Å². The summed E-state index contributed by atoms with van der Waals surface area (Å²) in [5, 5.41) is 2.75. The number of pyridine rings is 1. The lowest BCUT2D eigenvalue weighted by Gasteiger charge is -2.26. The van der Waals surface area contributed by atoms with E-state index in [-0.39, 0.29) is 22.9 Å². The molecule has 2 amide bonds. The molecule has 1 aromatic heterocycles. The van der Waals surface area contributed by atoms with Gasteiger partial charge in [0.1, 0.15) is 0 Å². The largest absolute Gasteiger partial charge is 0.339 e. The van der Waals surface area contributed by atoms with Crippen LogP contribution in [0, 0.1) is 6.92 Å². The number of aromatic amines is 1. The normalized spacial score (nSPS) is 14.2. The van der Waals surface area contributed by atoms with Gasteiger partial charge < -0.3 is 15.2 Å². The van der Waals surface area contributed by atoms with Crippen LogP contribution in [0.2, 0.25) is 0 Å². The summed E-state index contributed by atoms with van der Waals surface area (Å²) in [6, 6.07) is 9.77. The summed E-state index contributed by atoms with van der Waals surface area (Å²) in [6.07, 6.45) is 3.23. The van der Waals surface area contributed by atoms with E-state index in [1.54, 1.807) is 37.3 Å². The Morgan fingerprint density at radius 3 is 2.52 bits per heavy atom. The first-order chi connectivity index (χ1) is 12.0. The quantitative estimate of drug-likeness (QED) is 0.901. The van der Waals surface area contributed by atoms with E-state index in [2.05, 4.69) is 10.3 Å². The zero-order chi connectivity index (χ0) is 17.8. The predicted molar refractivity (Wildman–Crippen MR) is 95.9 cm³/mol. The highest BCUT2D eigenvalue weighted by Crippen LogP contribution is 2.17. The zero-order valence-electron chi connectivity index (χ0n) is 14.2. The van der Waals surface area contributed by atoms with E-state index in [1.807, 2.05) is 4.90 Å². The minimum absolute atomic E-state index is 0.0113. The molecule has 2 heterocycles. The summed E-state index contributed by atoms with van der Waals surface area (Å²) in [5.41, 5.74) is 1.67. The van der Waals surface area contributed by atoms with E-state index in [4.69, 9.17) is 0 Å². The number of piperidine rings is 1. The van der Waals surface area contributed by atoms with Crippen LogP contribution >= 0.6 is 0 Å². The highest BCUT2D eigenvalue weighted by atomic mass is 16.2. The Morgan fingerprint density at radius 2 is 1.80 bits per heavy atom. The molecule has 1 aromatic carbocycles. The maximum Gasteiger partial charge on any atom is 0.255 e. The van der Waals surface area contributed by atoms with Crippen LogP contribution in [0.3, 0.4) is 0 Å². The first-order valence-corrected chi connectivity index (χ1v) is 8.44. The van der Waals surface area contributed by atoms with Crippen LogP contribution in [0.25, 0.3) is 0 Å². The lowest BCUT2D eigenvalue weighted by Crippen LogP contribution is -2.35. The second kappa shape index (κ2) is 7.34. The summed E-state index contributed by atoms with van der Waals surface area (Å²) in [5.74, 6) is -0.389. The molecule has 1 fully saturated rings. The Labute approximate surface area is 145 Å². The molecule has 130 valence electrons. The lowest BCUT2D eigenvalue weighted by molar-refractivity contribution is 0.0724. The average molecular weight is 339 g/mol. The van der Waals surface area contributed by atoms with Gasteiger partial charge in [-0.25, -0.2) is 0 Å². The third-order valence-corrected chi connectivity index (χ3v) is 4.25. The van der Waals surface area contributed by atoms with Gasteiger partial charge in [0.2, 0.25) is 5.56 Å². The molecule has 1 saturated heterocycles. The average Bonchev–Trinajstić information content (AvgIpc) is 2.61. The topological polar surface area (TPSA) is 82.3 Å². The van der Waals surface area contributed by atoms with Crippen molar-refractivity contribution in [2.75, 3.05) is 18.4 Å². The van der Waals surface area contributed by atoms with Crippen molar-refractivity contribution in [2.45, 2.75) is 26.2 Å². The smallest absolute Gasteiger partial charge is 0.255 e. The lowest BCUT2D eigenvalue weighted by atomic mass is 10.1. The third-order valence-electron chi connectivity index (χ3n) is 4.25. The van der Waals surface area contributed by atoms with Gasteiger partial charge in [0, 0.05) is 41.7 Å². The molecule has 25 heavy (non-hydrogen) atoms. The number of amides is 2. The number of aryl methyl sites for hydroxylation is 1. The van der Waals surface area contributed by atoms with Gasteiger partial charge >= 0.3 is 0 Å². The Kier molecular flexibility index (Phi) is 4.97. The maximum absolute atomic E-state index is 12.6. The fourth-order valence-corrected chi connectivity index (χ4v) is 3.03. The van der Waals surface area contributed by atoms with Gasteiger partial charge in [-0.1, -0.05) is 6.07 Å². The van der Waals surface area contributed by atoms with Gasteiger partial charge in [0.05, 0.1) is 0 Å². The number of rotatable bonds is 3. The number of aromatic nitrogens is 1. The number of likely N-dealkylation sites (tertiary alicyclic amines) is 1. The Morgan fingerprint density at radius 1 is 1.04 bits per heavy atom. The van der Waals surface area contributed by atoms with Crippen molar-refractivity contribution >= 4 is 17.5 Å². The number of hydrogen-bond donors (Lipinski definition) is 2. The summed E-state index contributed by atoms with van der Waals surface area (Å²) in [7, 11) is 0. The van der Waals surface area contributed by atoms with Crippen LogP contribution in [0.4, 0.5) is 5.69 Å². The number of carbonyl (C=O) groups is 2. The fraction of sp³-hybridized carbons (Fsp3) is 0.316. The van der Waals surface area contributed by atoms with E-state index < -0.39 is 0 Å². The number of hydrogen-bond acceptors (Lipinski definition) is 3. The SMILES string of the molecule is Cc1cc(C(=O)Nc2cccc(C(=O)N3CCCCC3)c2)cc(=O)[nH]1. The molecule has 3 rings (SSSR count). The molecule has 6 nitrogen and oxygen atoms in total.